The summed E-state index contributed by atoms with van der Waals surface area (Å²) in [4.78, 5) is 1.33. The summed E-state index contributed by atoms with van der Waals surface area (Å²) in [5.74, 6) is 1.09. The van der Waals surface area contributed by atoms with E-state index < -0.39 is 0 Å². The van der Waals surface area contributed by atoms with E-state index >= 15 is 0 Å². The molecule has 1 aromatic carbocycles. The lowest BCUT2D eigenvalue weighted by Crippen LogP contribution is -2.36. The lowest BCUT2D eigenvalue weighted by atomic mass is 9.87. The largest absolute Gasteiger partial charge is 0.396 e. The second-order valence-corrected chi connectivity index (χ2v) is 6.37. The van der Waals surface area contributed by atoms with Crippen molar-refractivity contribution in [3.05, 3.63) is 30.3 Å². The molecule has 2 rings (SSSR count). The first-order valence-corrected chi connectivity index (χ1v) is 7.83. The van der Waals surface area contributed by atoms with Crippen LogP contribution in [-0.2, 0) is 0 Å². The molecule has 0 heterocycles. The summed E-state index contributed by atoms with van der Waals surface area (Å²) in [5.41, 5.74) is 0.178. The van der Waals surface area contributed by atoms with Crippen LogP contribution in [0.4, 0.5) is 0 Å². The van der Waals surface area contributed by atoms with Gasteiger partial charge in [0.25, 0.3) is 0 Å². The number of nitrogens with one attached hydrogen (secondary N) is 1. The summed E-state index contributed by atoms with van der Waals surface area (Å²) in [7, 11) is 0. The van der Waals surface area contributed by atoms with Crippen molar-refractivity contribution in [3.8, 4) is 0 Å². The van der Waals surface area contributed by atoms with Gasteiger partial charge in [-0.05, 0) is 25.0 Å². The van der Waals surface area contributed by atoms with Crippen LogP contribution in [0.5, 0.6) is 0 Å². The van der Waals surface area contributed by atoms with Crippen molar-refractivity contribution >= 4 is 11.8 Å². The highest BCUT2D eigenvalue weighted by Gasteiger charge is 2.32. The molecule has 2 nitrogen and oxygen atoms in total. The lowest BCUT2D eigenvalue weighted by Gasteiger charge is -2.26. The van der Waals surface area contributed by atoms with E-state index in [9.17, 15) is 5.11 Å². The molecule has 3 heteroatoms. The molecular weight excluding hydrogens is 242 g/mol. The van der Waals surface area contributed by atoms with Gasteiger partial charge in [-0.2, -0.15) is 0 Å². The highest BCUT2D eigenvalue weighted by molar-refractivity contribution is 7.99. The zero-order chi connectivity index (χ0) is 12.7. The number of aliphatic hydroxyl groups excluding tert-OH is 1. The molecule has 0 aromatic heterocycles. The van der Waals surface area contributed by atoms with Gasteiger partial charge < -0.3 is 10.4 Å². The molecule has 1 aromatic rings. The first-order valence-electron chi connectivity index (χ1n) is 6.84. The van der Waals surface area contributed by atoms with Crippen LogP contribution in [0.25, 0.3) is 0 Å². The summed E-state index contributed by atoms with van der Waals surface area (Å²) in [5, 5.41) is 13.0. The highest BCUT2D eigenvalue weighted by Crippen LogP contribution is 2.36. The maximum atomic E-state index is 9.51. The average Bonchev–Trinajstić information content (AvgIpc) is 2.89. The van der Waals surface area contributed by atoms with Gasteiger partial charge in [0.05, 0.1) is 0 Å². The third kappa shape index (κ3) is 4.01. The van der Waals surface area contributed by atoms with E-state index in [0.717, 1.165) is 18.8 Å². The van der Waals surface area contributed by atoms with Crippen molar-refractivity contribution in [3.63, 3.8) is 0 Å². The van der Waals surface area contributed by atoms with Crippen molar-refractivity contribution in [1.29, 1.82) is 0 Å². The minimum atomic E-state index is 0.178. The summed E-state index contributed by atoms with van der Waals surface area (Å²) < 4.78 is 0. The first-order chi connectivity index (χ1) is 8.85. The van der Waals surface area contributed by atoms with Gasteiger partial charge in [-0.25, -0.2) is 0 Å². The van der Waals surface area contributed by atoms with Crippen LogP contribution < -0.4 is 5.32 Å². The number of hydrogen-bond acceptors (Lipinski definition) is 3. The smallest absolute Gasteiger partial charge is 0.0499 e. The molecule has 18 heavy (non-hydrogen) atoms. The predicted octanol–water partition coefficient (Wildman–Crippen LogP) is 2.92. The SMILES string of the molecule is OCC1(CNCCSc2ccccc2)CCCC1. The van der Waals surface area contributed by atoms with Crippen molar-refractivity contribution in [1.82, 2.24) is 5.32 Å². The zero-order valence-electron chi connectivity index (χ0n) is 10.9. The van der Waals surface area contributed by atoms with E-state index in [0.29, 0.717) is 6.61 Å². The summed E-state index contributed by atoms with van der Waals surface area (Å²) >= 11 is 1.88. The minimum Gasteiger partial charge on any atom is -0.396 e. The van der Waals surface area contributed by atoms with E-state index in [4.69, 9.17) is 0 Å². The summed E-state index contributed by atoms with van der Waals surface area (Å²) in [6, 6.07) is 10.5. The highest BCUT2D eigenvalue weighted by atomic mass is 32.2. The Morgan fingerprint density at radius 3 is 2.56 bits per heavy atom. The number of benzene rings is 1. The summed E-state index contributed by atoms with van der Waals surface area (Å²) in [6.45, 7) is 2.33. The Balaban J connectivity index is 1.61. The minimum absolute atomic E-state index is 0.178. The van der Waals surface area contributed by atoms with E-state index in [1.165, 1.54) is 30.6 Å². The van der Waals surface area contributed by atoms with Gasteiger partial charge in [-0.1, -0.05) is 31.0 Å². The fourth-order valence-electron chi connectivity index (χ4n) is 2.63. The Morgan fingerprint density at radius 2 is 1.89 bits per heavy atom. The zero-order valence-corrected chi connectivity index (χ0v) is 11.7. The lowest BCUT2D eigenvalue weighted by molar-refractivity contribution is 0.129. The number of rotatable bonds is 7. The van der Waals surface area contributed by atoms with E-state index in [1.807, 2.05) is 17.8 Å². The first kappa shape index (κ1) is 13.9. The van der Waals surface area contributed by atoms with Crippen LogP contribution in [-0.4, -0.2) is 30.6 Å². The Labute approximate surface area is 114 Å². The molecule has 0 saturated heterocycles. The quantitative estimate of drug-likeness (QED) is 0.587. The number of thioether (sulfide) groups is 1. The van der Waals surface area contributed by atoms with E-state index in [1.54, 1.807) is 0 Å². The molecule has 2 N–H and O–H groups in total. The van der Waals surface area contributed by atoms with Gasteiger partial charge in [-0.3, -0.25) is 0 Å². The van der Waals surface area contributed by atoms with Crippen LogP contribution in [0.15, 0.2) is 35.2 Å². The molecule has 1 fully saturated rings. The van der Waals surface area contributed by atoms with Crippen molar-refractivity contribution in [2.45, 2.75) is 30.6 Å². The Kier molecular flexibility index (Phi) is 5.54. The normalized spacial score (nSPS) is 18.1. The third-order valence-corrected chi connectivity index (χ3v) is 4.80. The van der Waals surface area contributed by atoms with Gasteiger partial charge >= 0.3 is 0 Å². The van der Waals surface area contributed by atoms with Crippen molar-refractivity contribution in [2.75, 3.05) is 25.4 Å². The molecule has 0 spiro atoms. The van der Waals surface area contributed by atoms with Gasteiger partial charge in [0, 0.05) is 35.8 Å². The van der Waals surface area contributed by atoms with Crippen LogP contribution in [0.3, 0.4) is 0 Å². The van der Waals surface area contributed by atoms with Gasteiger partial charge in [0.15, 0.2) is 0 Å². The molecule has 0 amide bonds. The molecule has 0 aliphatic heterocycles. The summed E-state index contributed by atoms with van der Waals surface area (Å²) in [6.07, 6.45) is 4.92. The molecule has 0 unspecified atom stereocenters. The Bertz CT molecular complexity index is 336. The molecule has 0 bridgehead atoms. The fraction of sp³-hybridized carbons (Fsp3) is 0.600. The molecule has 0 radical (unpaired) electrons. The van der Waals surface area contributed by atoms with E-state index in [-0.39, 0.29) is 5.41 Å². The topological polar surface area (TPSA) is 32.3 Å². The maximum Gasteiger partial charge on any atom is 0.0499 e. The van der Waals surface area contributed by atoms with Gasteiger partial charge in [0.1, 0.15) is 0 Å². The van der Waals surface area contributed by atoms with Gasteiger partial charge in [0.2, 0.25) is 0 Å². The number of aliphatic hydroxyl groups is 1. The standard InChI is InChI=1S/C15H23NOS/c17-13-15(8-4-5-9-15)12-16-10-11-18-14-6-2-1-3-7-14/h1-3,6-7,16-17H,4-5,8-13H2. The number of hydrogen-bond donors (Lipinski definition) is 2. The van der Waals surface area contributed by atoms with Crippen molar-refractivity contribution in [2.24, 2.45) is 5.41 Å². The third-order valence-electron chi connectivity index (χ3n) is 3.79. The second-order valence-electron chi connectivity index (χ2n) is 5.20. The monoisotopic (exact) mass is 265 g/mol. The fourth-order valence-corrected chi connectivity index (χ4v) is 3.46. The molecule has 0 atom stereocenters. The molecule has 1 aliphatic rings. The van der Waals surface area contributed by atoms with Gasteiger partial charge in [-0.15, -0.1) is 11.8 Å². The Hall–Kier alpha value is -0.510. The maximum absolute atomic E-state index is 9.51. The van der Waals surface area contributed by atoms with Crippen molar-refractivity contribution < 1.29 is 5.11 Å². The second kappa shape index (κ2) is 7.17. The predicted molar refractivity (Wildman–Crippen MR) is 78.0 cm³/mol. The molecule has 100 valence electrons. The van der Waals surface area contributed by atoms with E-state index in [2.05, 4.69) is 29.6 Å². The Morgan fingerprint density at radius 1 is 1.17 bits per heavy atom. The van der Waals surface area contributed by atoms with Crippen LogP contribution >= 0.6 is 11.8 Å². The molecule has 1 aliphatic carbocycles. The molecule has 1 saturated carbocycles. The van der Waals surface area contributed by atoms with Crippen LogP contribution in [0, 0.1) is 5.41 Å². The molecular formula is C15H23NOS. The average molecular weight is 265 g/mol. The van der Waals surface area contributed by atoms with Crippen LogP contribution in [0.2, 0.25) is 0 Å². The van der Waals surface area contributed by atoms with Crippen LogP contribution in [0.1, 0.15) is 25.7 Å².